The summed E-state index contributed by atoms with van der Waals surface area (Å²) in [5.41, 5.74) is 2.66. The van der Waals surface area contributed by atoms with E-state index in [1.807, 2.05) is 6.92 Å². The summed E-state index contributed by atoms with van der Waals surface area (Å²) in [5, 5.41) is 17.0. The van der Waals surface area contributed by atoms with Gasteiger partial charge in [0.15, 0.2) is 8.68 Å². The number of rotatable bonds is 6. The smallest absolute Gasteiger partial charge is 0.176 e. The van der Waals surface area contributed by atoms with E-state index in [1.165, 1.54) is 22.9 Å². The summed E-state index contributed by atoms with van der Waals surface area (Å²) in [6.45, 7) is 6.27. The van der Waals surface area contributed by atoms with Crippen molar-refractivity contribution >= 4 is 34.9 Å². The Labute approximate surface area is 138 Å². The lowest BCUT2D eigenvalue weighted by atomic mass is 10.0. The molecule has 6 heteroatoms. The Balaban J connectivity index is 1.89. The molecule has 0 aliphatic carbocycles. The van der Waals surface area contributed by atoms with Gasteiger partial charge in [-0.25, -0.2) is 0 Å². The molecule has 2 rings (SSSR count). The summed E-state index contributed by atoms with van der Waals surface area (Å²) in [4.78, 5) is 0. The van der Waals surface area contributed by atoms with Crippen LogP contribution in [0, 0.1) is 11.3 Å². The fraction of sp³-hybridized carbons (Fsp3) is 0.400. The van der Waals surface area contributed by atoms with Crippen LogP contribution >= 0.6 is 34.9 Å². The maximum atomic E-state index is 8.80. The van der Waals surface area contributed by atoms with Gasteiger partial charge in [-0.05, 0) is 24.0 Å². The third-order valence-electron chi connectivity index (χ3n) is 2.86. The predicted molar refractivity (Wildman–Crippen MR) is 90.9 cm³/mol. The van der Waals surface area contributed by atoms with Crippen molar-refractivity contribution in [3.8, 4) is 6.07 Å². The summed E-state index contributed by atoms with van der Waals surface area (Å²) in [5.74, 6) is 1.46. The normalized spacial score (nSPS) is 12.3. The Bertz CT molecular complexity index is 614. The van der Waals surface area contributed by atoms with Gasteiger partial charge in [0.25, 0.3) is 0 Å². The Morgan fingerprint density at radius 1 is 1.14 bits per heavy atom. The van der Waals surface area contributed by atoms with E-state index in [0.29, 0.717) is 5.92 Å². The van der Waals surface area contributed by atoms with E-state index in [-0.39, 0.29) is 5.25 Å². The first kappa shape index (κ1) is 16.3. The topological polar surface area (TPSA) is 49.6 Å². The van der Waals surface area contributed by atoms with Crippen molar-refractivity contribution in [2.45, 2.75) is 46.4 Å². The van der Waals surface area contributed by atoms with Gasteiger partial charge in [-0.2, -0.15) is 5.26 Å². The Kier molecular flexibility index (Phi) is 6.09. The zero-order valence-corrected chi connectivity index (χ0v) is 14.7. The molecule has 3 nitrogen and oxygen atoms in total. The highest BCUT2D eigenvalue weighted by atomic mass is 32.2. The number of aromatic nitrogens is 2. The van der Waals surface area contributed by atoms with Crippen molar-refractivity contribution < 1.29 is 0 Å². The molecule has 1 aromatic carbocycles. The highest BCUT2D eigenvalue weighted by Gasteiger charge is 2.09. The van der Waals surface area contributed by atoms with Crippen molar-refractivity contribution in [1.82, 2.24) is 10.2 Å². The molecular formula is C15H17N3S3. The van der Waals surface area contributed by atoms with E-state index in [1.54, 1.807) is 23.1 Å². The van der Waals surface area contributed by atoms with Crippen molar-refractivity contribution in [3.63, 3.8) is 0 Å². The zero-order valence-electron chi connectivity index (χ0n) is 12.2. The van der Waals surface area contributed by atoms with Gasteiger partial charge in [0.2, 0.25) is 0 Å². The van der Waals surface area contributed by atoms with Crippen LogP contribution in [0.3, 0.4) is 0 Å². The molecule has 0 radical (unpaired) electrons. The van der Waals surface area contributed by atoms with Gasteiger partial charge in [0.05, 0.1) is 11.3 Å². The number of benzene rings is 1. The van der Waals surface area contributed by atoms with Crippen LogP contribution in [0.25, 0.3) is 0 Å². The summed E-state index contributed by atoms with van der Waals surface area (Å²) in [6, 6.07) is 10.9. The van der Waals surface area contributed by atoms with Gasteiger partial charge >= 0.3 is 0 Å². The van der Waals surface area contributed by atoms with Crippen molar-refractivity contribution in [1.29, 1.82) is 5.26 Å². The predicted octanol–water partition coefficient (Wildman–Crippen LogP) is 4.96. The van der Waals surface area contributed by atoms with E-state index >= 15 is 0 Å². The van der Waals surface area contributed by atoms with Crippen molar-refractivity contribution in [2.24, 2.45) is 0 Å². The minimum absolute atomic E-state index is 0.0839. The quantitative estimate of drug-likeness (QED) is 0.698. The molecule has 0 amide bonds. The van der Waals surface area contributed by atoms with E-state index in [9.17, 15) is 0 Å². The lowest BCUT2D eigenvalue weighted by Crippen LogP contribution is -1.88. The zero-order chi connectivity index (χ0) is 15.2. The van der Waals surface area contributed by atoms with Gasteiger partial charge in [-0.3, -0.25) is 0 Å². The molecule has 0 aliphatic rings. The highest BCUT2D eigenvalue weighted by Crippen LogP contribution is 2.32. The van der Waals surface area contributed by atoms with Crippen LogP contribution in [-0.4, -0.2) is 15.4 Å². The van der Waals surface area contributed by atoms with Crippen LogP contribution in [0.15, 0.2) is 32.9 Å². The van der Waals surface area contributed by atoms with E-state index in [0.717, 1.165) is 14.4 Å². The number of nitrogens with zero attached hydrogens (tertiary/aromatic N) is 3. The molecule has 0 saturated carbocycles. The van der Waals surface area contributed by atoms with Crippen LogP contribution < -0.4 is 0 Å². The van der Waals surface area contributed by atoms with Crippen LogP contribution in [0.1, 0.15) is 37.8 Å². The first-order valence-corrected chi connectivity index (χ1v) is 9.38. The summed E-state index contributed by atoms with van der Waals surface area (Å²) in [7, 11) is 0. The molecule has 1 heterocycles. The standard InChI is InChI=1S/C15H17N3S3/c1-10(2)13-6-4-12(5-7-13)9-19-14-17-18-15(21-14)20-11(3)8-16/h4-7,10-11H,9H2,1-3H3/t11-/m1/s1. The van der Waals surface area contributed by atoms with Crippen LogP contribution in [0.5, 0.6) is 0 Å². The van der Waals surface area contributed by atoms with Crippen LogP contribution in [-0.2, 0) is 5.75 Å². The minimum atomic E-state index is -0.0839. The Morgan fingerprint density at radius 3 is 2.43 bits per heavy atom. The third kappa shape index (κ3) is 5.03. The minimum Gasteiger partial charge on any atom is -0.197 e. The second kappa shape index (κ2) is 7.83. The first-order valence-electron chi connectivity index (χ1n) is 6.70. The highest BCUT2D eigenvalue weighted by molar-refractivity contribution is 8.03. The van der Waals surface area contributed by atoms with Gasteiger partial charge in [0, 0.05) is 5.75 Å². The average Bonchev–Trinajstić information content (AvgIpc) is 2.93. The van der Waals surface area contributed by atoms with E-state index in [4.69, 9.17) is 5.26 Å². The monoisotopic (exact) mass is 335 g/mol. The van der Waals surface area contributed by atoms with E-state index < -0.39 is 0 Å². The van der Waals surface area contributed by atoms with Gasteiger partial charge < -0.3 is 0 Å². The molecule has 0 spiro atoms. The Hall–Kier alpha value is -1.03. The molecule has 0 saturated heterocycles. The molecule has 0 bridgehead atoms. The molecule has 0 aliphatic heterocycles. The molecule has 2 aromatic rings. The molecule has 1 aromatic heterocycles. The number of hydrogen-bond donors (Lipinski definition) is 0. The lowest BCUT2D eigenvalue weighted by Gasteiger charge is -2.05. The maximum absolute atomic E-state index is 8.80. The van der Waals surface area contributed by atoms with Crippen molar-refractivity contribution in [3.05, 3.63) is 35.4 Å². The molecule has 110 valence electrons. The molecule has 0 fully saturated rings. The van der Waals surface area contributed by atoms with Crippen molar-refractivity contribution in [2.75, 3.05) is 0 Å². The molecule has 21 heavy (non-hydrogen) atoms. The summed E-state index contributed by atoms with van der Waals surface area (Å²) < 4.78 is 1.82. The second-order valence-corrected chi connectivity index (χ2v) is 8.70. The fourth-order valence-corrected chi connectivity index (χ4v) is 4.63. The Morgan fingerprint density at radius 2 is 1.81 bits per heavy atom. The second-order valence-electron chi connectivity index (χ2n) is 4.91. The van der Waals surface area contributed by atoms with Crippen LogP contribution in [0.2, 0.25) is 0 Å². The molecule has 1 atom stereocenters. The molecular weight excluding hydrogens is 318 g/mol. The largest absolute Gasteiger partial charge is 0.197 e. The fourth-order valence-electron chi connectivity index (χ4n) is 1.62. The first-order chi connectivity index (χ1) is 10.1. The SMILES string of the molecule is CC(C)c1ccc(CSc2nnc(S[C@H](C)C#N)s2)cc1. The van der Waals surface area contributed by atoms with Gasteiger partial charge in [0.1, 0.15) is 0 Å². The average molecular weight is 336 g/mol. The van der Waals surface area contributed by atoms with E-state index in [2.05, 4.69) is 54.4 Å². The number of thioether (sulfide) groups is 2. The lowest BCUT2D eigenvalue weighted by molar-refractivity contribution is 0.866. The third-order valence-corrected chi connectivity index (χ3v) is 6.06. The molecule has 0 unspecified atom stereocenters. The number of nitriles is 1. The maximum Gasteiger partial charge on any atom is 0.176 e. The van der Waals surface area contributed by atoms with Gasteiger partial charge in [-0.15, -0.1) is 10.2 Å². The molecule has 0 N–H and O–H groups in total. The summed E-state index contributed by atoms with van der Waals surface area (Å²) in [6.07, 6.45) is 0. The summed E-state index contributed by atoms with van der Waals surface area (Å²) >= 11 is 4.71. The van der Waals surface area contributed by atoms with Crippen LogP contribution in [0.4, 0.5) is 0 Å². The van der Waals surface area contributed by atoms with Gasteiger partial charge in [-0.1, -0.05) is 73.0 Å². The number of hydrogen-bond acceptors (Lipinski definition) is 6.